The van der Waals surface area contributed by atoms with E-state index in [0.29, 0.717) is 32.1 Å². The SMILES string of the molecule is COC(=O)[C@@H]1C[C@]2(C#N)CC(=O)CC[C@]2(C)C23O[C@@H]2C[C@@]2(C)[C@@H](CC[C@@]2(O)CCC(=O)O)[C@H]13. The van der Waals surface area contributed by atoms with E-state index in [1.165, 1.54) is 7.11 Å². The lowest BCUT2D eigenvalue weighted by Crippen LogP contribution is -2.68. The number of carbonyl (C=O) groups is 3. The summed E-state index contributed by atoms with van der Waals surface area (Å²) in [6.07, 6.45) is 2.84. The number of carbonyl (C=O) groups excluding carboxylic acids is 2. The molecule has 0 aromatic carbocycles. The average Bonchev–Trinajstić information content (AvgIpc) is 3.43. The summed E-state index contributed by atoms with van der Waals surface area (Å²) in [5.74, 6) is -2.20. The zero-order valence-electron chi connectivity index (χ0n) is 19.6. The van der Waals surface area contributed by atoms with Crippen molar-refractivity contribution in [3.05, 3.63) is 0 Å². The average molecular weight is 460 g/mol. The largest absolute Gasteiger partial charge is 0.481 e. The predicted molar refractivity (Wildman–Crippen MR) is 113 cm³/mol. The van der Waals surface area contributed by atoms with Crippen molar-refractivity contribution in [3.8, 4) is 6.07 Å². The van der Waals surface area contributed by atoms with E-state index in [0.717, 1.165) is 0 Å². The quantitative estimate of drug-likeness (QED) is 0.483. The molecular weight excluding hydrogens is 426 g/mol. The number of nitriles is 1. The summed E-state index contributed by atoms with van der Waals surface area (Å²) in [7, 11) is 1.35. The number of fused-ring (bicyclic) bond motifs is 3. The van der Waals surface area contributed by atoms with E-state index >= 15 is 0 Å². The molecule has 0 aromatic heterocycles. The van der Waals surface area contributed by atoms with Gasteiger partial charge in [0.2, 0.25) is 0 Å². The fourth-order valence-electron chi connectivity index (χ4n) is 9.00. The number of Topliss-reactive ketones (excluding diaryl/α,β-unsaturated/α-hetero) is 1. The third kappa shape index (κ3) is 2.56. The summed E-state index contributed by atoms with van der Waals surface area (Å²) < 4.78 is 11.8. The first-order valence-electron chi connectivity index (χ1n) is 12.1. The van der Waals surface area contributed by atoms with Crippen LogP contribution < -0.4 is 0 Å². The Morgan fingerprint density at radius 3 is 2.64 bits per heavy atom. The maximum absolute atomic E-state index is 13.2. The van der Waals surface area contributed by atoms with E-state index in [1.807, 2.05) is 6.92 Å². The molecule has 5 aliphatic rings. The molecule has 0 radical (unpaired) electrons. The first-order valence-corrected chi connectivity index (χ1v) is 12.1. The van der Waals surface area contributed by atoms with Gasteiger partial charge in [0, 0.05) is 36.0 Å². The second kappa shape index (κ2) is 6.79. The molecular formula is C25H33NO7. The third-order valence-corrected chi connectivity index (χ3v) is 10.8. The van der Waals surface area contributed by atoms with Gasteiger partial charge in [0.25, 0.3) is 0 Å². The van der Waals surface area contributed by atoms with E-state index in [-0.39, 0.29) is 49.4 Å². The second-order valence-corrected chi connectivity index (χ2v) is 11.7. The van der Waals surface area contributed by atoms with Crippen molar-refractivity contribution in [2.45, 2.75) is 88.9 Å². The van der Waals surface area contributed by atoms with Crippen LogP contribution in [0.5, 0.6) is 0 Å². The monoisotopic (exact) mass is 459 g/mol. The zero-order valence-corrected chi connectivity index (χ0v) is 19.6. The molecule has 1 heterocycles. The number of aliphatic hydroxyl groups is 1. The van der Waals surface area contributed by atoms with Gasteiger partial charge in [-0.3, -0.25) is 14.4 Å². The van der Waals surface area contributed by atoms with E-state index in [9.17, 15) is 29.9 Å². The fourth-order valence-corrected chi connectivity index (χ4v) is 9.00. The molecule has 1 saturated heterocycles. The fraction of sp³-hybridized carbons (Fsp3) is 0.840. The van der Waals surface area contributed by atoms with Gasteiger partial charge in [-0.05, 0) is 44.4 Å². The number of carboxylic acids is 1. The molecule has 4 aliphatic carbocycles. The molecule has 9 atom stereocenters. The number of nitrogens with zero attached hydrogens (tertiary/aromatic N) is 1. The third-order valence-electron chi connectivity index (χ3n) is 10.8. The number of hydrogen-bond acceptors (Lipinski definition) is 7. The Hall–Kier alpha value is -1.98. The number of ketones is 1. The molecule has 1 unspecified atom stereocenters. The standard InChI is InChI=1S/C25H33NO7/c1-21-12-17-25(33-17)19(16(21)5-8-24(21,31)9-6-18(28)29)15(20(30)32-3)11-23(13-26)10-14(27)4-7-22(23,25)2/h15-17,19,31H,4-12H2,1-3H3,(H,28,29)/t15-,16+,17-,19+,21+,22+,23+,24-,25?/m1/s1. The predicted octanol–water partition coefficient (Wildman–Crippen LogP) is 2.62. The van der Waals surface area contributed by atoms with Crippen molar-refractivity contribution in [3.63, 3.8) is 0 Å². The molecule has 8 nitrogen and oxygen atoms in total. The number of aliphatic carboxylic acids is 1. The van der Waals surface area contributed by atoms with Crippen LogP contribution in [0, 0.1) is 45.3 Å². The Morgan fingerprint density at radius 2 is 2.00 bits per heavy atom. The van der Waals surface area contributed by atoms with Gasteiger partial charge >= 0.3 is 11.9 Å². The molecule has 0 aromatic rings. The number of ether oxygens (including phenoxy) is 2. The first-order chi connectivity index (χ1) is 15.4. The molecule has 2 N–H and O–H groups in total. The van der Waals surface area contributed by atoms with Crippen molar-refractivity contribution >= 4 is 17.7 Å². The minimum Gasteiger partial charge on any atom is -0.481 e. The minimum atomic E-state index is -1.15. The Kier molecular flexibility index (Phi) is 4.69. The summed E-state index contributed by atoms with van der Waals surface area (Å²) in [6.45, 7) is 4.09. The van der Waals surface area contributed by atoms with Crippen LogP contribution in [0.1, 0.15) is 71.6 Å². The molecule has 5 fully saturated rings. The van der Waals surface area contributed by atoms with Crippen LogP contribution in [-0.2, 0) is 23.9 Å². The van der Waals surface area contributed by atoms with Crippen molar-refractivity contribution < 1.29 is 34.1 Å². The van der Waals surface area contributed by atoms with Crippen LogP contribution in [0.2, 0.25) is 0 Å². The highest BCUT2D eigenvalue weighted by Gasteiger charge is 2.86. The van der Waals surface area contributed by atoms with Crippen molar-refractivity contribution in [1.82, 2.24) is 0 Å². The van der Waals surface area contributed by atoms with Gasteiger partial charge in [-0.1, -0.05) is 13.8 Å². The normalized spacial score (nSPS) is 51.9. The summed E-state index contributed by atoms with van der Waals surface area (Å²) in [4.78, 5) is 36.9. The molecule has 4 saturated carbocycles. The van der Waals surface area contributed by atoms with Gasteiger partial charge < -0.3 is 19.7 Å². The lowest BCUT2D eigenvalue weighted by Gasteiger charge is -2.63. The van der Waals surface area contributed by atoms with Gasteiger partial charge in [0.1, 0.15) is 11.4 Å². The number of carboxylic acid groups (broad SMARTS) is 1. The number of esters is 1. The highest BCUT2D eigenvalue weighted by molar-refractivity contribution is 5.82. The smallest absolute Gasteiger partial charge is 0.309 e. The Morgan fingerprint density at radius 1 is 1.27 bits per heavy atom. The molecule has 5 rings (SSSR count). The Balaban J connectivity index is 1.62. The van der Waals surface area contributed by atoms with Gasteiger partial charge in [-0.2, -0.15) is 5.26 Å². The van der Waals surface area contributed by atoms with Gasteiger partial charge in [0.15, 0.2) is 0 Å². The van der Waals surface area contributed by atoms with E-state index in [4.69, 9.17) is 9.47 Å². The summed E-state index contributed by atoms with van der Waals surface area (Å²) in [5.41, 5.74) is -4.02. The minimum absolute atomic E-state index is 0.0502. The van der Waals surface area contributed by atoms with Crippen LogP contribution in [0.25, 0.3) is 0 Å². The molecule has 180 valence electrons. The van der Waals surface area contributed by atoms with Crippen molar-refractivity contribution in [1.29, 1.82) is 5.26 Å². The van der Waals surface area contributed by atoms with E-state index in [1.54, 1.807) is 0 Å². The summed E-state index contributed by atoms with van der Waals surface area (Å²) in [5, 5.41) is 31.3. The first kappa shape index (κ1) is 22.8. The van der Waals surface area contributed by atoms with Crippen LogP contribution in [-0.4, -0.2) is 52.4 Å². The van der Waals surface area contributed by atoms with Crippen LogP contribution >= 0.6 is 0 Å². The molecule has 1 spiro atoms. The number of hydrogen-bond donors (Lipinski definition) is 2. The second-order valence-electron chi connectivity index (χ2n) is 11.7. The van der Waals surface area contributed by atoms with Gasteiger partial charge in [-0.25, -0.2) is 0 Å². The molecule has 33 heavy (non-hydrogen) atoms. The number of epoxide rings is 1. The maximum atomic E-state index is 13.2. The van der Waals surface area contributed by atoms with Crippen LogP contribution in [0.15, 0.2) is 0 Å². The maximum Gasteiger partial charge on any atom is 0.309 e. The molecule has 0 amide bonds. The molecule has 8 heteroatoms. The van der Waals surface area contributed by atoms with Crippen molar-refractivity contribution in [2.75, 3.05) is 7.11 Å². The van der Waals surface area contributed by atoms with E-state index in [2.05, 4.69) is 13.0 Å². The summed E-state index contributed by atoms with van der Waals surface area (Å²) >= 11 is 0. The highest BCUT2D eigenvalue weighted by atomic mass is 16.6. The molecule has 0 bridgehead atoms. The Labute approximate surface area is 193 Å². The van der Waals surface area contributed by atoms with E-state index < -0.39 is 45.3 Å². The van der Waals surface area contributed by atoms with Crippen molar-refractivity contribution in [2.24, 2.45) is 34.0 Å². The summed E-state index contributed by atoms with van der Waals surface area (Å²) in [6, 6.07) is 2.48. The zero-order chi connectivity index (χ0) is 24.0. The highest BCUT2D eigenvalue weighted by Crippen LogP contribution is 2.80. The lowest BCUT2D eigenvalue weighted by molar-refractivity contribution is -0.191. The van der Waals surface area contributed by atoms with Crippen LogP contribution in [0.4, 0.5) is 0 Å². The van der Waals surface area contributed by atoms with Gasteiger partial charge in [-0.15, -0.1) is 0 Å². The topological polar surface area (TPSA) is 137 Å². The van der Waals surface area contributed by atoms with Crippen LogP contribution in [0.3, 0.4) is 0 Å². The number of rotatable bonds is 4. The van der Waals surface area contributed by atoms with Gasteiger partial charge in [0.05, 0.1) is 36.2 Å². The number of methoxy groups -OCH3 is 1. The molecule has 1 aliphatic heterocycles. The lowest BCUT2D eigenvalue weighted by atomic mass is 9.37. The Bertz CT molecular complexity index is 974.